The fourth-order valence-electron chi connectivity index (χ4n) is 1.91. The Kier molecular flexibility index (Phi) is 5.38. The Balaban J connectivity index is 2.14. The van der Waals surface area contributed by atoms with Crippen molar-refractivity contribution >= 4 is 12.0 Å². The molecule has 0 fully saturated rings. The molecule has 0 aliphatic rings. The van der Waals surface area contributed by atoms with Crippen LogP contribution in [0.4, 0.5) is 13.2 Å². The van der Waals surface area contributed by atoms with E-state index in [1.54, 1.807) is 36.4 Å². The van der Waals surface area contributed by atoms with Gasteiger partial charge in [0.25, 0.3) is 0 Å². The average Bonchev–Trinajstić information content (AvgIpc) is 2.58. The number of rotatable bonds is 4. The number of halogens is 3. The van der Waals surface area contributed by atoms with Crippen LogP contribution in [-0.2, 0) is 22.3 Å². The molecule has 0 heterocycles. The van der Waals surface area contributed by atoms with Gasteiger partial charge in [-0.3, -0.25) is 0 Å². The van der Waals surface area contributed by atoms with Gasteiger partial charge in [0.05, 0.1) is 5.56 Å². The number of hydrogen-bond acceptors (Lipinski definition) is 3. The quantitative estimate of drug-likeness (QED) is 0.475. The van der Waals surface area contributed by atoms with E-state index in [1.807, 2.05) is 0 Å². The molecular weight excluding hydrogens is 319 g/mol. The molecule has 0 amide bonds. The number of hydrogen-bond donors (Lipinski definition) is 0. The van der Waals surface area contributed by atoms with Crippen LogP contribution in [-0.4, -0.2) is 5.97 Å². The first-order valence-electron chi connectivity index (χ1n) is 6.90. The summed E-state index contributed by atoms with van der Waals surface area (Å²) in [6, 6.07) is 14.8. The van der Waals surface area contributed by atoms with E-state index in [9.17, 15) is 18.0 Å². The molecule has 0 radical (unpaired) electrons. The summed E-state index contributed by atoms with van der Waals surface area (Å²) >= 11 is 0. The molecule has 2 aromatic carbocycles. The maximum Gasteiger partial charge on any atom is 0.416 e. The van der Waals surface area contributed by atoms with Crippen LogP contribution in [0.5, 0.6) is 0 Å². The fourth-order valence-corrected chi connectivity index (χ4v) is 1.91. The smallest absolute Gasteiger partial charge is 0.416 e. The van der Waals surface area contributed by atoms with Crippen LogP contribution in [0.1, 0.15) is 16.7 Å². The van der Waals surface area contributed by atoms with E-state index in [0.29, 0.717) is 0 Å². The Bertz CT molecular complexity index is 790. The molecule has 24 heavy (non-hydrogen) atoms. The largest absolute Gasteiger partial charge is 0.457 e. The number of nitrogens with zero attached hydrogens (tertiary/aromatic N) is 1. The Morgan fingerprint density at radius 2 is 1.83 bits per heavy atom. The zero-order chi connectivity index (χ0) is 17.6. The summed E-state index contributed by atoms with van der Waals surface area (Å²) in [5.41, 5.74) is -0.392. The van der Waals surface area contributed by atoms with Gasteiger partial charge in [-0.25, -0.2) is 4.79 Å². The maximum absolute atomic E-state index is 12.7. The van der Waals surface area contributed by atoms with Crippen LogP contribution >= 0.6 is 0 Å². The number of esters is 1. The summed E-state index contributed by atoms with van der Waals surface area (Å²) in [7, 11) is 0. The van der Waals surface area contributed by atoms with Gasteiger partial charge in [0.15, 0.2) is 0 Å². The lowest BCUT2D eigenvalue weighted by atomic mass is 10.1. The zero-order valence-corrected chi connectivity index (χ0v) is 12.4. The minimum atomic E-state index is -4.50. The van der Waals surface area contributed by atoms with Crippen LogP contribution < -0.4 is 0 Å². The lowest BCUT2D eigenvalue weighted by Gasteiger charge is -2.07. The van der Waals surface area contributed by atoms with Gasteiger partial charge >= 0.3 is 12.1 Å². The first-order chi connectivity index (χ1) is 11.4. The van der Waals surface area contributed by atoms with E-state index >= 15 is 0 Å². The van der Waals surface area contributed by atoms with Crippen LogP contribution in [0.25, 0.3) is 6.08 Å². The Labute approximate surface area is 136 Å². The number of alkyl halides is 3. The standard InChI is InChI=1S/C18H12F3NO2/c19-18(20,21)16-8-4-7-14(10-16)9-15(11-22)17(23)24-12-13-5-2-1-3-6-13/h1-10H,12H2/b15-9-. The summed E-state index contributed by atoms with van der Waals surface area (Å²) < 4.78 is 43.0. The molecule has 6 heteroatoms. The van der Waals surface area contributed by atoms with Crippen LogP contribution in [0, 0.1) is 11.3 Å². The predicted molar refractivity (Wildman–Crippen MR) is 81.3 cm³/mol. The monoisotopic (exact) mass is 331 g/mol. The van der Waals surface area contributed by atoms with E-state index in [2.05, 4.69) is 0 Å². The van der Waals surface area contributed by atoms with Crippen molar-refractivity contribution in [1.82, 2.24) is 0 Å². The van der Waals surface area contributed by atoms with Crippen molar-refractivity contribution in [2.45, 2.75) is 12.8 Å². The molecule has 3 nitrogen and oxygen atoms in total. The van der Waals surface area contributed by atoms with Crippen molar-refractivity contribution in [2.75, 3.05) is 0 Å². The molecule has 0 spiro atoms. The predicted octanol–water partition coefficient (Wildman–Crippen LogP) is 4.36. The van der Waals surface area contributed by atoms with Crippen molar-refractivity contribution in [1.29, 1.82) is 5.26 Å². The Morgan fingerprint density at radius 3 is 2.46 bits per heavy atom. The summed E-state index contributed by atoms with van der Waals surface area (Å²) in [5.74, 6) is -0.890. The van der Waals surface area contributed by atoms with Gasteiger partial charge in [-0.15, -0.1) is 0 Å². The number of carbonyl (C=O) groups is 1. The van der Waals surface area contributed by atoms with Gasteiger partial charge < -0.3 is 4.74 Å². The van der Waals surface area contributed by atoms with Crippen LogP contribution in [0.2, 0.25) is 0 Å². The SMILES string of the molecule is N#C/C(=C/c1cccc(C(F)(F)F)c1)C(=O)OCc1ccccc1. The van der Waals surface area contributed by atoms with Crippen molar-refractivity contribution in [3.63, 3.8) is 0 Å². The summed E-state index contributed by atoms with van der Waals surface area (Å²) in [4.78, 5) is 11.9. The second kappa shape index (κ2) is 7.47. The molecule has 2 aromatic rings. The molecule has 0 atom stereocenters. The van der Waals surface area contributed by atoms with Gasteiger partial charge in [-0.1, -0.05) is 42.5 Å². The second-order valence-electron chi connectivity index (χ2n) is 4.85. The van der Waals surface area contributed by atoms with E-state index in [0.717, 1.165) is 23.8 Å². The van der Waals surface area contributed by atoms with Gasteiger partial charge in [0, 0.05) is 0 Å². The third-order valence-corrected chi connectivity index (χ3v) is 3.08. The Morgan fingerprint density at radius 1 is 1.12 bits per heavy atom. The molecule has 0 saturated heterocycles. The minimum absolute atomic E-state index is 0.0265. The van der Waals surface area contributed by atoms with Gasteiger partial charge in [0.1, 0.15) is 18.2 Å². The van der Waals surface area contributed by atoms with Crippen molar-refractivity contribution in [3.8, 4) is 6.07 Å². The lowest BCUT2D eigenvalue weighted by Crippen LogP contribution is -2.07. The number of ether oxygens (including phenoxy) is 1. The third-order valence-electron chi connectivity index (χ3n) is 3.08. The highest BCUT2D eigenvalue weighted by Crippen LogP contribution is 2.30. The van der Waals surface area contributed by atoms with Crippen molar-refractivity contribution in [3.05, 3.63) is 76.9 Å². The molecule has 0 aliphatic carbocycles. The Hall–Kier alpha value is -3.07. The highest BCUT2D eigenvalue weighted by molar-refractivity contribution is 5.97. The molecule has 0 unspecified atom stereocenters. The van der Waals surface area contributed by atoms with E-state index < -0.39 is 17.7 Å². The van der Waals surface area contributed by atoms with E-state index in [-0.39, 0.29) is 17.7 Å². The molecule has 0 aromatic heterocycles. The van der Waals surface area contributed by atoms with Crippen molar-refractivity contribution in [2.24, 2.45) is 0 Å². The average molecular weight is 331 g/mol. The highest BCUT2D eigenvalue weighted by Gasteiger charge is 2.30. The van der Waals surface area contributed by atoms with Crippen LogP contribution in [0.3, 0.4) is 0 Å². The van der Waals surface area contributed by atoms with Crippen LogP contribution in [0.15, 0.2) is 60.2 Å². The molecule has 0 bridgehead atoms. The first-order valence-corrected chi connectivity index (χ1v) is 6.90. The number of nitriles is 1. The van der Waals surface area contributed by atoms with Gasteiger partial charge in [0.2, 0.25) is 0 Å². The van der Waals surface area contributed by atoms with E-state index in [4.69, 9.17) is 10.00 Å². The topological polar surface area (TPSA) is 50.1 Å². The normalized spacial score (nSPS) is 11.7. The number of carbonyl (C=O) groups excluding carboxylic acids is 1. The fraction of sp³-hybridized carbons (Fsp3) is 0.111. The molecular formula is C18H12F3NO2. The maximum atomic E-state index is 12.7. The molecule has 0 aliphatic heterocycles. The first kappa shape index (κ1) is 17.3. The van der Waals surface area contributed by atoms with Gasteiger partial charge in [-0.05, 0) is 29.3 Å². The van der Waals surface area contributed by atoms with Gasteiger partial charge in [-0.2, -0.15) is 18.4 Å². The van der Waals surface area contributed by atoms with E-state index in [1.165, 1.54) is 12.1 Å². The lowest BCUT2D eigenvalue weighted by molar-refractivity contribution is -0.139. The summed E-state index contributed by atoms with van der Waals surface area (Å²) in [5, 5.41) is 9.04. The summed E-state index contributed by atoms with van der Waals surface area (Å²) in [6.07, 6.45) is -3.42. The zero-order valence-electron chi connectivity index (χ0n) is 12.4. The highest BCUT2D eigenvalue weighted by atomic mass is 19.4. The number of benzene rings is 2. The molecule has 0 saturated carbocycles. The molecule has 122 valence electrons. The summed E-state index contributed by atoms with van der Waals surface area (Å²) in [6.45, 7) is -0.0265. The molecule has 0 N–H and O–H groups in total. The van der Waals surface area contributed by atoms with Crippen molar-refractivity contribution < 1.29 is 22.7 Å². The minimum Gasteiger partial charge on any atom is -0.457 e. The second-order valence-corrected chi connectivity index (χ2v) is 4.85. The molecule has 2 rings (SSSR count). The third kappa shape index (κ3) is 4.71.